The van der Waals surface area contributed by atoms with Crippen LogP contribution in [0.1, 0.15) is 52.0 Å². The van der Waals surface area contributed by atoms with Crippen molar-refractivity contribution >= 4 is 21.5 Å². The molecule has 3 N–H and O–H groups in total. The van der Waals surface area contributed by atoms with Crippen molar-refractivity contribution in [2.45, 2.75) is 64.0 Å². The number of nitrogens with zero attached hydrogens (tertiary/aromatic N) is 2. The van der Waals surface area contributed by atoms with Gasteiger partial charge in [-0.25, -0.2) is 8.42 Å². The second-order valence-electron chi connectivity index (χ2n) is 10.2. The van der Waals surface area contributed by atoms with Crippen LogP contribution < -0.4 is 15.4 Å². The first-order valence-corrected chi connectivity index (χ1v) is 14.3. The molecule has 0 saturated carbocycles. The predicted molar refractivity (Wildman–Crippen MR) is 143 cm³/mol. The van der Waals surface area contributed by atoms with Gasteiger partial charge in [0.25, 0.3) is 0 Å². The van der Waals surface area contributed by atoms with Gasteiger partial charge in [0.2, 0.25) is 0 Å². The van der Waals surface area contributed by atoms with Gasteiger partial charge in [-0.2, -0.15) is 0 Å². The van der Waals surface area contributed by atoms with Crippen molar-refractivity contribution in [3.63, 3.8) is 0 Å². The Morgan fingerprint density at radius 1 is 1.14 bits per heavy atom. The molecule has 2 aromatic rings. The number of sulfone groups is 1. The lowest BCUT2D eigenvalue weighted by molar-refractivity contribution is 0.228. The topological polar surface area (TPSA) is 99.7 Å². The predicted octanol–water partition coefficient (Wildman–Crippen LogP) is 4.66. The zero-order chi connectivity index (χ0) is 25.6. The summed E-state index contributed by atoms with van der Waals surface area (Å²) in [6, 6.07) is 15.0. The number of nitrogens with two attached hydrogens (primary N) is 1. The molecule has 1 saturated heterocycles. The number of hydrogen-bond donors (Lipinski definition) is 2. The minimum Gasteiger partial charge on any atom is -0.489 e. The van der Waals surface area contributed by atoms with Gasteiger partial charge >= 0.3 is 0 Å². The molecule has 35 heavy (non-hydrogen) atoms. The molecular formula is C27H40N4O3S. The van der Waals surface area contributed by atoms with E-state index in [9.17, 15) is 8.42 Å². The maximum absolute atomic E-state index is 11.6. The van der Waals surface area contributed by atoms with E-state index in [0.29, 0.717) is 36.6 Å². The molecule has 1 atom stereocenters. The largest absolute Gasteiger partial charge is 0.489 e. The summed E-state index contributed by atoms with van der Waals surface area (Å²) >= 11 is 0. The van der Waals surface area contributed by atoms with Crippen LogP contribution in [-0.2, 0) is 16.4 Å². The molecule has 0 amide bonds. The highest BCUT2D eigenvalue weighted by Gasteiger charge is 2.30. The molecule has 3 rings (SSSR count). The van der Waals surface area contributed by atoms with Crippen molar-refractivity contribution < 1.29 is 13.2 Å². The lowest BCUT2D eigenvalue weighted by Gasteiger charge is -2.43. The summed E-state index contributed by atoms with van der Waals surface area (Å²) in [4.78, 5) is 4.63. The van der Waals surface area contributed by atoms with Crippen molar-refractivity contribution in [2.75, 3.05) is 30.8 Å². The highest BCUT2D eigenvalue weighted by Crippen LogP contribution is 2.28. The number of rotatable bonds is 9. The molecule has 192 valence electrons. The van der Waals surface area contributed by atoms with Crippen LogP contribution in [0.4, 0.5) is 5.69 Å². The van der Waals surface area contributed by atoms with E-state index in [0.717, 1.165) is 42.8 Å². The van der Waals surface area contributed by atoms with Crippen LogP contribution >= 0.6 is 0 Å². The van der Waals surface area contributed by atoms with E-state index in [4.69, 9.17) is 15.9 Å². The van der Waals surface area contributed by atoms with Gasteiger partial charge in [0.05, 0.1) is 4.90 Å². The van der Waals surface area contributed by atoms with Crippen LogP contribution in [0, 0.1) is 10.8 Å². The van der Waals surface area contributed by atoms with Gasteiger partial charge in [0.15, 0.2) is 15.8 Å². The molecule has 1 unspecified atom stereocenters. The van der Waals surface area contributed by atoms with Gasteiger partial charge in [0, 0.05) is 31.1 Å². The quantitative estimate of drug-likeness (QED) is 0.384. The lowest BCUT2D eigenvalue weighted by Crippen LogP contribution is -2.53. The van der Waals surface area contributed by atoms with Crippen LogP contribution in [0.15, 0.2) is 53.4 Å². The summed E-state index contributed by atoms with van der Waals surface area (Å²) in [6.07, 6.45) is 5.70. The maximum atomic E-state index is 11.6. The first-order chi connectivity index (χ1) is 16.5. The number of likely N-dealkylation sites (tertiary alicyclic amines) is 1. The van der Waals surface area contributed by atoms with Crippen molar-refractivity contribution in [1.82, 2.24) is 4.90 Å². The molecule has 1 fully saturated rings. The molecule has 1 aliphatic heterocycles. The highest BCUT2D eigenvalue weighted by molar-refractivity contribution is 7.90. The zero-order valence-corrected chi connectivity index (χ0v) is 22.3. The minimum atomic E-state index is -3.21. The summed E-state index contributed by atoms with van der Waals surface area (Å²) in [7, 11) is -3.21. The Bertz CT molecular complexity index is 1080. The summed E-state index contributed by atoms with van der Waals surface area (Å²) in [5, 5.41) is 9.11. The van der Waals surface area contributed by atoms with Crippen molar-refractivity contribution in [1.29, 1.82) is 5.41 Å². The molecule has 7 nitrogen and oxygen atoms in total. The van der Waals surface area contributed by atoms with Crippen LogP contribution in [-0.4, -0.2) is 51.2 Å². The van der Waals surface area contributed by atoms with Gasteiger partial charge < -0.3 is 20.3 Å². The molecule has 0 aliphatic carbocycles. The standard InChI is InChI=1S/C27H40N4O3S/c1-5-22-8-6-7-17-30(22)26(29)31(20-27(2,3)19-28)23-11-13-24(14-12-23)34-18-21-9-15-25(16-10-21)35(4,32)33/h9-16,22,29H,5-8,17-20,28H2,1-4H3. The van der Waals surface area contributed by atoms with Gasteiger partial charge in [-0.15, -0.1) is 0 Å². The molecule has 0 aromatic heterocycles. The third-order valence-electron chi connectivity index (χ3n) is 6.67. The molecule has 2 aromatic carbocycles. The average molecular weight is 501 g/mol. The fourth-order valence-electron chi connectivity index (χ4n) is 4.36. The number of benzene rings is 2. The van der Waals surface area contributed by atoms with Gasteiger partial charge in [-0.1, -0.05) is 32.9 Å². The Balaban J connectivity index is 1.74. The van der Waals surface area contributed by atoms with Crippen molar-refractivity contribution in [3.8, 4) is 5.75 Å². The summed E-state index contributed by atoms with van der Waals surface area (Å²) in [6.45, 7) is 8.91. The van der Waals surface area contributed by atoms with E-state index in [1.54, 1.807) is 24.3 Å². The highest BCUT2D eigenvalue weighted by atomic mass is 32.2. The number of nitrogens with one attached hydrogen (secondary N) is 1. The van der Waals surface area contributed by atoms with Gasteiger partial charge in [0.1, 0.15) is 12.4 Å². The Morgan fingerprint density at radius 3 is 2.37 bits per heavy atom. The molecule has 1 heterocycles. The Labute approximate surface area is 210 Å². The van der Waals surface area contributed by atoms with E-state index in [2.05, 4.69) is 30.6 Å². The van der Waals surface area contributed by atoms with Gasteiger partial charge in [-0.3, -0.25) is 5.41 Å². The third-order valence-corrected chi connectivity index (χ3v) is 7.80. The number of guanidine groups is 1. The summed E-state index contributed by atoms with van der Waals surface area (Å²) in [5.74, 6) is 1.26. The molecule has 0 spiro atoms. The van der Waals surface area contributed by atoms with E-state index in [-0.39, 0.29) is 5.41 Å². The normalized spacial score (nSPS) is 16.7. The van der Waals surface area contributed by atoms with E-state index in [1.165, 1.54) is 12.7 Å². The van der Waals surface area contributed by atoms with E-state index in [1.807, 2.05) is 24.3 Å². The summed E-state index contributed by atoms with van der Waals surface area (Å²) < 4.78 is 29.2. The average Bonchev–Trinajstić information content (AvgIpc) is 2.85. The smallest absolute Gasteiger partial charge is 0.198 e. The number of anilines is 1. The fraction of sp³-hybridized carbons (Fsp3) is 0.519. The Hall–Kier alpha value is -2.58. The summed E-state index contributed by atoms with van der Waals surface area (Å²) in [5.41, 5.74) is 7.75. The SMILES string of the molecule is CCC1CCCCN1C(=N)N(CC(C)(C)CN)c1ccc(OCc2ccc(S(C)(=O)=O)cc2)cc1. The first kappa shape index (κ1) is 27.0. The Kier molecular flexibility index (Phi) is 8.83. The van der Waals surface area contributed by atoms with Crippen LogP contribution in [0.5, 0.6) is 5.75 Å². The second kappa shape index (κ2) is 11.4. The number of piperidine rings is 1. The second-order valence-corrected chi connectivity index (χ2v) is 12.2. The molecular weight excluding hydrogens is 460 g/mol. The van der Waals surface area contributed by atoms with Crippen molar-refractivity contribution in [3.05, 3.63) is 54.1 Å². The van der Waals surface area contributed by atoms with E-state index < -0.39 is 9.84 Å². The zero-order valence-electron chi connectivity index (χ0n) is 21.5. The first-order valence-electron chi connectivity index (χ1n) is 12.4. The number of hydrogen-bond acceptors (Lipinski definition) is 5. The van der Waals surface area contributed by atoms with Gasteiger partial charge in [-0.05, 0) is 79.6 Å². The maximum Gasteiger partial charge on any atom is 0.198 e. The molecule has 0 bridgehead atoms. The lowest BCUT2D eigenvalue weighted by atomic mass is 9.92. The minimum absolute atomic E-state index is 0.142. The van der Waals surface area contributed by atoms with Crippen LogP contribution in [0.25, 0.3) is 0 Å². The molecule has 8 heteroatoms. The van der Waals surface area contributed by atoms with E-state index >= 15 is 0 Å². The van der Waals surface area contributed by atoms with Crippen LogP contribution in [0.3, 0.4) is 0 Å². The number of ether oxygens (including phenoxy) is 1. The van der Waals surface area contributed by atoms with Crippen LogP contribution in [0.2, 0.25) is 0 Å². The molecule has 0 radical (unpaired) electrons. The van der Waals surface area contributed by atoms with Crippen molar-refractivity contribution in [2.24, 2.45) is 11.1 Å². The fourth-order valence-corrected chi connectivity index (χ4v) is 4.99. The molecule has 1 aliphatic rings. The Morgan fingerprint density at radius 2 is 1.80 bits per heavy atom. The monoisotopic (exact) mass is 500 g/mol. The third kappa shape index (κ3) is 7.21.